The van der Waals surface area contributed by atoms with Gasteiger partial charge in [-0.15, -0.1) is 0 Å². The maximum absolute atomic E-state index is 12.3. The smallest absolute Gasteiger partial charge is 0.275 e. The average Bonchev–Trinajstić information content (AvgIpc) is 3.06. The van der Waals surface area contributed by atoms with Gasteiger partial charge in [-0.25, -0.2) is 9.97 Å². The maximum Gasteiger partial charge on any atom is 0.275 e. The first-order valence-electron chi connectivity index (χ1n) is 7.91. The molecule has 3 heterocycles. The third-order valence-electron chi connectivity index (χ3n) is 3.58. The number of carbonyl (C=O) groups is 1. The summed E-state index contributed by atoms with van der Waals surface area (Å²) >= 11 is 0. The summed E-state index contributed by atoms with van der Waals surface area (Å²) in [7, 11) is 0. The lowest BCUT2D eigenvalue weighted by Crippen LogP contribution is -2.15. The molecule has 0 bridgehead atoms. The van der Waals surface area contributed by atoms with Gasteiger partial charge in [0.25, 0.3) is 5.91 Å². The summed E-state index contributed by atoms with van der Waals surface area (Å²) < 4.78 is 16.0. The van der Waals surface area contributed by atoms with Crippen LogP contribution >= 0.6 is 0 Å². The molecule has 2 N–H and O–H groups in total. The molecule has 1 aliphatic heterocycles. The van der Waals surface area contributed by atoms with Gasteiger partial charge in [0.1, 0.15) is 36.8 Å². The van der Waals surface area contributed by atoms with E-state index in [1.54, 1.807) is 19.1 Å². The number of ether oxygens (including phenoxy) is 2. The Morgan fingerprint density at radius 2 is 1.88 bits per heavy atom. The number of rotatable bonds is 4. The van der Waals surface area contributed by atoms with Crippen molar-refractivity contribution < 1.29 is 18.8 Å². The molecule has 1 amide bonds. The van der Waals surface area contributed by atoms with E-state index in [2.05, 4.69) is 25.8 Å². The molecule has 9 nitrogen and oxygen atoms in total. The van der Waals surface area contributed by atoms with E-state index in [-0.39, 0.29) is 5.69 Å². The second-order valence-corrected chi connectivity index (χ2v) is 5.55. The van der Waals surface area contributed by atoms with Crippen molar-refractivity contribution in [3.8, 4) is 11.5 Å². The van der Waals surface area contributed by atoms with Crippen LogP contribution in [0.3, 0.4) is 0 Å². The lowest BCUT2D eigenvalue weighted by atomic mass is 10.2. The zero-order valence-corrected chi connectivity index (χ0v) is 13.9. The summed E-state index contributed by atoms with van der Waals surface area (Å²) in [5, 5.41) is 9.45. The third kappa shape index (κ3) is 3.41. The molecular formula is C17H15N5O4. The van der Waals surface area contributed by atoms with Gasteiger partial charge >= 0.3 is 0 Å². The van der Waals surface area contributed by atoms with Crippen LogP contribution in [0.5, 0.6) is 11.5 Å². The highest BCUT2D eigenvalue weighted by molar-refractivity contribution is 6.02. The predicted octanol–water partition coefficient (Wildman–Crippen LogP) is 2.54. The van der Waals surface area contributed by atoms with E-state index < -0.39 is 5.91 Å². The van der Waals surface area contributed by atoms with Crippen molar-refractivity contribution in [1.29, 1.82) is 0 Å². The fourth-order valence-corrected chi connectivity index (χ4v) is 2.42. The minimum absolute atomic E-state index is 0.195. The highest BCUT2D eigenvalue weighted by Crippen LogP contribution is 2.33. The molecule has 2 aromatic heterocycles. The standard InChI is InChI=1S/C17H15N5O4/c1-10-6-16(22-26-10)21-17(23)12-8-15(19-9-18-12)20-11-2-3-13-14(7-11)25-5-4-24-13/h2-3,6-9H,4-5H2,1H3,(H,18,19,20)(H,21,22,23). The van der Waals surface area contributed by atoms with Crippen LogP contribution in [-0.4, -0.2) is 34.2 Å². The number of anilines is 3. The van der Waals surface area contributed by atoms with Crippen molar-refractivity contribution in [2.75, 3.05) is 23.8 Å². The van der Waals surface area contributed by atoms with Gasteiger partial charge in [0.2, 0.25) is 0 Å². The number of fused-ring (bicyclic) bond motifs is 1. The van der Waals surface area contributed by atoms with Crippen LogP contribution in [0.2, 0.25) is 0 Å². The number of benzene rings is 1. The Morgan fingerprint density at radius 1 is 1.04 bits per heavy atom. The first kappa shape index (κ1) is 15.9. The van der Waals surface area contributed by atoms with Gasteiger partial charge in [0.15, 0.2) is 17.3 Å². The molecule has 26 heavy (non-hydrogen) atoms. The topological polar surface area (TPSA) is 111 Å². The Labute approximate surface area is 148 Å². The molecule has 0 radical (unpaired) electrons. The molecule has 0 saturated heterocycles. The van der Waals surface area contributed by atoms with Crippen LogP contribution < -0.4 is 20.1 Å². The van der Waals surface area contributed by atoms with Gasteiger partial charge in [0.05, 0.1) is 0 Å². The third-order valence-corrected chi connectivity index (χ3v) is 3.58. The number of hydrogen-bond acceptors (Lipinski definition) is 8. The molecule has 9 heteroatoms. The van der Waals surface area contributed by atoms with E-state index in [4.69, 9.17) is 14.0 Å². The van der Waals surface area contributed by atoms with Gasteiger partial charge in [0, 0.05) is 23.9 Å². The van der Waals surface area contributed by atoms with Gasteiger partial charge in [-0.1, -0.05) is 5.16 Å². The van der Waals surface area contributed by atoms with Gasteiger partial charge in [-0.05, 0) is 19.1 Å². The molecule has 0 unspecified atom stereocenters. The number of nitrogens with zero attached hydrogens (tertiary/aromatic N) is 3. The number of aromatic nitrogens is 3. The molecule has 1 aromatic carbocycles. The second kappa shape index (κ2) is 6.71. The molecule has 0 spiro atoms. The lowest BCUT2D eigenvalue weighted by molar-refractivity contribution is 0.102. The van der Waals surface area contributed by atoms with E-state index in [9.17, 15) is 4.79 Å². The highest BCUT2D eigenvalue weighted by atomic mass is 16.6. The maximum atomic E-state index is 12.3. The quantitative estimate of drug-likeness (QED) is 0.736. The van der Waals surface area contributed by atoms with Gasteiger partial charge in [-0.3, -0.25) is 4.79 Å². The van der Waals surface area contributed by atoms with Crippen molar-refractivity contribution in [1.82, 2.24) is 15.1 Å². The Balaban J connectivity index is 1.49. The minimum atomic E-state index is -0.411. The Morgan fingerprint density at radius 3 is 2.69 bits per heavy atom. The molecule has 3 aromatic rings. The predicted molar refractivity (Wildman–Crippen MR) is 91.9 cm³/mol. The van der Waals surface area contributed by atoms with Crippen LogP contribution in [0.1, 0.15) is 16.2 Å². The van der Waals surface area contributed by atoms with E-state index in [1.807, 2.05) is 18.2 Å². The van der Waals surface area contributed by atoms with E-state index in [0.717, 1.165) is 5.69 Å². The summed E-state index contributed by atoms with van der Waals surface area (Å²) in [5.41, 5.74) is 0.951. The van der Waals surface area contributed by atoms with Crippen molar-refractivity contribution >= 4 is 23.2 Å². The van der Waals surface area contributed by atoms with Gasteiger partial charge in [-0.2, -0.15) is 0 Å². The number of nitrogens with one attached hydrogen (secondary N) is 2. The summed E-state index contributed by atoms with van der Waals surface area (Å²) in [6, 6.07) is 8.63. The SMILES string of the molecule is Cc1cc(NC(=O)c2cc(Nc3ccc4c(c3)OCCO4)ncn2)no1. The lowest BCUT2D eigenvalue weighted by Gasteiger charge is -2.19. The van der Waals surface area contributed by atoms with Crippen LogP contribution in [-0.2, 0) is 0 Å². The zero-order chi connectivity index (χ0) is 17.9. The summed E-state index contributed by atoms with van der Waals surface area (Å²) in [4.78, 5) is 20.4. The number of hydrogen-bond donors (Lipinski definition) is 2. The number of aryl methyl sites for hydroxylation is 1. The summed E-state index contributed by atoms with van der Waals surface area (Å²) in [6.07, 6.45) is 1.31. The molecule has 132 valence electrons. The molecule has 0 fully saturated rings. The fourth-order valence-electron chi connectivity index (χ4n) is 2.42. The van der Waals surface area contributed by atoms with Gasteiger partial charge < -0.3 is 24.6 Å². The zero-order valence-electron chi connectivity index (χ0n) is 13.9. The first-order valence-corrected chi connectivity index (χ1v) is 7.91. The van der Waals surface area contributed by atoms with Crippen LogP contribution in [0.15, 0.2) is 41.2 Å². The van der Waals surface area contributed by atoms with Crippen molar-refractivity contribution in [2.24, 2.45) is 0 Å². The Kier molecular flexibility index (Phi) is 4.10. The monoisotopic (exact) mass is 353 g/mol. The highest BCUT2D eigenvalue weighted by Gasteiger charge is 2.14. The van der Waals surface area contributed by atoms with Crippen LogP contribution in [0.4, 0.5) is 17.3 Å². The summed E-state index contributed by atoms with van der Waals surface area (Å²) in [6.45, 7) is 2.79. The Hall–Kier alpha value is -3.62. The number of carbonyl (C=O) groups excluding carboxylic acids is 1. The molecule has 0 aliphatic carbocycles. The van der Waals surface area contributed by atoms with Crippen LogP contribution in [0.25, 0.3) is 0 Å². The molecule has 1 aliphatic rings. The van der Waals surface area contributed by atoms with Crippen LogP contribution in [0, 0.1) is 6.92 Å². The van der Waals surface area contributed by atoms with E-state index >= 15 is 0 Å². The van der Waals surface area contributed by atoms with Crippen molar-refractivity contribution in [3.63, 3.8) is 0 Å². The fraction of sp³-hybridized carbons (Fsp3) is 0.176. The average molecular weight is 353 g/mol. The molecule has 0 saturated carbocycles. The minimum Gasteiger partial charge on any atom is -0.486 e. The van der Waals surface area contributed by atoms with Crippen molar-refractivity contribution in [2.45, 2.75) is 6.92 Å². The molecule has 4 rings (SSSR count). The number of amides is 1. The summed E-state index contributed by atoms with van der Waals surface area (Å²) in [5.74, 6) is 2.35. The van der Waals surface area contributed by atoms with E-state index in [1.165, 1.54) is 6.33 Å². The molecule has 0 atom stereocenters. The second-order valence-electron chi connectivity index (χ2n) is 5.55. The Bertz CT molecular complexity index is 956. The van der Waals surface area contributed by atoms with E-state index in [0.29, 0.717) is 42.1 Å². The first-order chi connectivity index (χ1) is 12.7. The molecular weight excluding hydrogens is 338 g/mol. The largest absolute Gasteiger partial charge is 0.486 e. The van der Waals surface area contributed by atoms with Crippen molar-refractivity contribution in [3.05, 3.63) is 48.1 Å². The normalized spacial score (nSPS) is 12.5.